The Morgan fingerprint density at radius 2 is 2.08 bits per heavy atom. The molecule has 2 aliphatic rings. The molecule has 1 saturated heterocycles. The first-order chi connectivity index (χ1) is 5.67. The third kappa shape index (κ3) is 0.765. The molecule has 0 unspecified atom stereocenters. The summed E-state index contributed by atoms with van der Waals surface area (Å²) in [7, 11) is 1.78. The number of nitrogens with zero attached hydrogens (tertiary/aromatic N) is 1. The summed E-state index contributed by atoms with van der Waals surface area (Å²) in [5.41, 5.74) is -0.575. The predicted molar refractivity (Wildman–Crippen MR) is 43.5 cm³/mol. The number of rotatable bonds is 0. The van der Waals surface area contributed by atoms with E-state index in [0.29, 0.717) is 6.42 Å². The Hall–Kier alpha value is -0.860. The maximum absolute atomic E-state index is 11.6. The maximum Gasteiger partial charge on any atom is 0.236 e. The van der Waals surface area contributed by atoms with Gasteiger partial charge in [-0.15, -0.1) is 0 Å². The Morgan fingerprint density at radius 1 is 1.33 bits per heavy atom. The molecule has 0 radical (unpaired) electrons. The first kappa shape index (κ1) is 7.77. The fourth-order valence-electron chi connectivity index (χ4n) is 2.35. The third-order valence-electron chi connectivity index (χ3n) is 3.17. The van der Waals surface area contributed by atoms with Gasteiger partial charge in [0.1, 0.15) is 11.2 Å². The van der Waals surface area contributed by atoms with Crippen LogP contribution >= 0.6 is 0 Å². The van der Waals surface area contributed by atoms with Crippen LogP contribution in [0.2, 0.25) is 0 Å². The molecule has 1 amide bonds. The van der Waals surface area contributed by atoms with Gasteiger partial charge in [-0.05, 0) is 19.3 Å². The van der Waals surface area contributed by atoms with Gasteiger partial charge in [-0.2, -0.15) is 0 Å². The van der Waals surface area contributed by atoms with Crippen LogP contribution in [0.3, 0.4) is 0 Å². The van der Waals surface area contributed by atoms with E-state index in [0.717, 1.165) is 25.8 Å². The van der Waals surface area contributed by atoms with E-state index in [1.807, 2.05) is 0 Å². The number of carbonyl (C=O) groups is 2. The van der Waals surface area contributed by atoms with Gasteiger partial charge in [-0.1, -0.05) is 0 Å². The second kappa shape index (κ2) is 2.31. The summed E-state index contributed by atoms with van der Waals surface area (Å²) in [5.74, 6) is 0.238. The molecule has 0 aromatic rings. The number of hydrogen-bond donors (Lipinski definition) is 0. The van der Waals surface area contributed by atoms with Gasteiger partial charge >= 0.3 is 0 Å². The number of likely N-dealkylation sites (tertiary alicyclic amines) is 1. The number of ketones is 1. The van der Waals surface area contributed by atoms with Gasteiger partial charge < -0.3 is 4.90 Å². The fourth-order valence-corrected chi connectivity index (χ4v) is 2.35. The lowest BCUT2D eigenvalue weighted by Crippen LogP contribution is -2.35. The van der Waals surface area contributed by atoms with Crippen LogP contribution in [0.1, 0.15) is 25.7 Å². The molecule has 3 nitrogen and oxygen atoms in total. The van der Waals surface area contributed by atoms with Crippen molar-refractivity contribution in [1.29, 1.82) is 0 Å². The first-order valence-corrected chi connectivity index (χ1v) is 4.46. The van der Waals surface area contributed by atoms with Gasteiger partial charge in [0.25, 0.3) is 0 Å². The van der Waals surface area contributed by atoms with Crippen LogP contribution in [0.15, 0.2) is 0 Å². The average Bonchev–Trinajstić information content (AvgIpc) is 2.54. The van der Waals surface area contributed by atoms with Crippen molar-refractivity contribution in [3.63, 3.8) is 0 Å². The molecule has 1 heterocycles. The maximum atomic E-state index is 11.6. The summed E-state index contributed by atoms with van der Waals surface area (Å²) < 4.78 is 0. The summed E-state index contributed by atoms with van der Waals surface area (Å²) in [4.78, 5) is 24.8. The molecular weight excluding hydrogens is 154 g/mol. The van der Waals surface area contributed by atoms with Gasteiger partial charge in [0.05, 0.1) is 0 Å². The topological polar surface area (TPSA) is 37.4 Å². The molecule has 1 aliphatic heterocycles. The highest BCUT2D eigenvalue weighted by Crippen LogP contribution is 2.43. The van der Waals surface area contributed by atoms with Gasteiger partial charge in [0.2, 0.25) is 5.91 Å². The molecular formula is C9H13NO2. The van der Waals surface area contributed by atoms with E-state index in [4.69, 9.17) is 0 Å². The quantitative estimate of drug-likeness (QED) is 0.495. The molecule has 3 heteroatoms. The number of amides is 1. The fraction of sp³-hybridized carbons (Fsp3) is 0.778. The molecule has 1 spiro atoms. The lowest BCUT2D eigenvalue weighted by Gasteiger charge is -2.18. The van der Waals surface area contributed by atoms with Gasteiger partial charge in [0.15, 0.2) is 0 Å². The second-order valence-electron chi connectivity index (χ2n) is 3.84. The minimum Gasteiger partial charge on any atom is -0.345 e. The van der Waals surface area contributed by atoms with E-state index >= 15 is 0 Å². The van der Waals surface area contributed by atoms with E-state index < -0.39 is 5.41 Å². The van der Waals surface area contributed by atoms with Gasteiger partial charge in [-0.25, -0.2) is 0 Å². The van der Waals surface area contributed by atoms with Crippen molar-refractivity contribution in [2.45, 2.75) is 25.7 Å². The second-order valence-corrected chi connectivity index (χ2v) is 3.84. The van der Waals surface area contributed by atoms with Crippen LogP contribution in [-0.2, 0) is 9.59 Å². The monoisotopic (exact) mass is 167 g/mol. The Labute approximate surface area is 71.7 Å². The Morgan fingerprint density at radius 3 is 2.50 bits per heavy atom. The standard InChI is InChI=1S/C9H13NO2/c1-10-6-5-9(8(10)12)4-2-3-7(9)11/h2-6H2,1H3/t9-/m1/s1. The Balaban J connectivity index is 2.32. The van der Waals surface area contributed by atoms with E-state index in [-0.39, 0.29) is 11.7 Å². The molecule has 2 fully saturated rings. The normalized spacial score (nSPS) is 35.6. The zero-order valence-electron chi connectivity index (χ0n) is 7.30. The van der Waals surface area contributed by atoms with Gasteiger partial charge in [-0.3, -0.25) is 9.59 Å². The lowest BCUT2D eigenvalue weighted by molar-refractivity contribution is -0.141. The van der Waals surface area contributed by atoms with Gasteiger partial charge in [0, 0.05) is 20.0 Å². The number of hydrogen-bond acceptors (Lipinski definition) is 2. The van der Waals surface area contributed by atoms with Crippen molar-refractivity contribution in [3.8, 4) is 0 Å². The molecule has 1 aliphatic carbocycles. The van der Waals surface area contributed by atoms with Crippen molar-refractivity contribution in [3.05, 3.63) is 0 Å². The zero-order chi connectivity index (χ0) is 8.77. The summed E-state index contributed by atoms with van der Waals surface area (Å²) in [6.07, 6.45) is 3.05. The molecule has 0 N–H and O–H groups in total. The van der Waals surface area contributed by atoms with Crippen LogP contribution < -0.4 is 0 Å². The molecule has 1 saturated carbocycles. The van der Waals surface area contributed by atoms with E-state index in [9.17, 15) is 9.59 Å². The summed E-state index contributed by atoms with van der Waals surface area (Å²) in [5, 5.41) is 0. The minimum atomic E-state index is -0.575. The van der Waals surface area contributed by atoms with E-state index in [2.05, 4.69) is 0 Å². The van der Waals surface area contributed by atoms with Crippen molar-refractivity contribution in [1.82, 2.24) is 4.90 Å². The molecule has 66 valence electrons. The van der Waals surface area contributed by atoms with Crippen molar-refractivity contribution < 1.29 is 9.59 Å². The Kier molecular flexibility index (Phi) is 1.50. The van der Waals surface area contributed by atoms with E-state index in [1.54, 1.807) is 11.9 Å². The predicted octanol–water partition coefficient (Wildman–Crippen LogP) is 0.588. The lowest BCUT2D eigenvalue weighted by atomic mass is 9.84. The summed E-state index contributed by atoms with van der Waals surface area (Å²) in [6, 6.07) is 0. The summed E-state index contributed by atoms with van der Waals surface area (Å²) in [6.45, 7) is 0.755. The molecule has 0 aromatic carbocycles. The zero-order valence-corrected chi connectivity index (χ0v) is 7.30. The van der Waals surface area contributed by atoms with Crippen molar-refractivity contribution in [2.24, 2.45) is 5.41 Å². The molecule has 2 rings (SSSR count). The van der Waals surface area contributed by atoms with Crippen LogP contribution in [-0.4, -0.2) is 30.2 Å². The van der Waals surface area contributed by atoms with Crippen LogP contribution in [0.25, 0.3) is 0 Å². The Bertz CT molecular complexity index is 249. The van der Waals surface area contributed by atoms with Crippen LogP contribution in [0.4, 0.5) is 0 Å². The van der Waals surface area contributed by atoms with E-state index in [1.165, 1.54) is 0 Å². The average molecular weight is 167 g/mol. The number of carbonyl (C=O) groups excluding carboxylic acids is 2. The highest BCUT2D eigenvalue weighted by atomic mass is 16.2. The minimum absolute atomic E-state index is 0.0602. The van der Waals surface area contributed by atoms with Crippen molar-refractivity contribution in [2.75, 3.05) is 13.6 Å². The first-order valence-electron chi connectivity index (χ1n) is 4.46. The molecule has 0 bridgehead atoms. The molecule has 1 atom stereocenters. The number of Topliss-reactive ketones (excluding diaryl/α,β-unsaturated/α-hetero) is 1. The summed E-state index contributed by atoms with van der Waals surface area (Å²) >= 11 is 0. The largest absolute Gasteiger partial charge is 0.345 e. The molecule has 0 aromatic heterocycles. The van der Waals surface area contributed by atoms with Crippen LogP contribution in [0, 0.1) is 5.41 Å². The highest BCUT2D eigenvalue weighted by Gasteiger charge is 2.52. The highest BCUT2D eigenvalue weighted by molar-refractivity contribution is 6.08. The van der Waals surface area contributed by atoms with Crippen LogP contribution in [0.5, 0.6) is 0 Å². The molecule has 12 heavy (non-hydrogen) atoms. The SMILES string of the molecule is CN1CC[C@@]2(CCCC2=O)C1=O. The third-order valence-corrected chi connectivity index (χ3v) is 3.17. The van der Waals surface area contributed by atoms with Crippen molar-refractivity contribution >= 4 is 11.7 Å². The smallest absolute Gasteiger partial charge is 0.236 e.